The van der Waals surface area contributed by atoms with Crippen molar-refractivity contribution in [2.24, 2.45) is 9.54 Å². The fraction of sp³-hybridized carbons (Fsp3) is 0.800. The third kappa shape index (κ3) is 2.47. The zero-order valence-electron chi connectivity index (χ0n) is 6.32. The largest absolute Gasteiger partial charge is 0.362 e. The van der Waals surface area contributed by atoms with Crippen LogP contribution in [-0.4, -0.2) is 32.7 Å². The molecule has 6 heteroatoms. The average Bonchev–Trinajstić information content (AvgIpc) is 2.12. The van der Waals surface area contributed by atoms with Gasteiger partial charge in [0.1, 0.15) is 5.84 Å². The van der Waals surface area contributed by atoms with Crippen LogP contribution in [0.2, 0.25) is 0 Å². The van der Waals surface area contributed by atoms with Gasteiger partial charge in [-0.15, -0.1) is 4.40 Å². The highest BCUT2D eigenvalue weighted by atomic mass is 32.2. The van der Waals surface area contributed by atoms with Crippen molar-refractivity contribution >= 4 is 16.0 Å². The molecule has 0 saturated carbocycles. The predicted octanol–water partition coefficient (Wildman–Crippen LogP) is -0.686. The Morgan fingerprint density at radius 1 is 1.64 bits per heavy atom. The van der Waals surface area contributed by atoms with Crippen molar-refractivity contribution in [1.82, 2.24) is 4.90 Å². The van der Waals surface area contributed by atoms with Gasteiger partial charge in [0.25, 0.3) is 0 Å². The molecule has 0 aromatic rings. The summed E-state index contributed by atoms with van der Waals surface area (Å²) in [6.45, 7) is 0.856. The molecule has 0 aromatic heterocycles. The number of nitrogens with zero attached hydrogens (tertiary/aromatic N) is 2. The minimum atomic E-state index is -3.69. The van der Waals surface area contributed by atoms with E-state index in [0.717, 1.165) is 13.0 Å². The summed E-state index contributed by atoms with van der Waals surface area (Å²) in [5.41, 5.74) is 0. The predicted molar refractivity (Wildman–Crippen MR) is 42.4 cm³/mol. The monoisotopic (exact) mass is 177 g/mol. The van der Waals surface area contributed by atoms with E-state index in [1.165, 1.54) is 0 Å². The molecule has 1 aliphatic rings. The van der Waals surface area contributed by atoms with Crippen molar-refractivity contribution in [1.29, 1.82) is 0 Å². The summed E-state index contributed by atoms with van der Waals surface area (Å²) >= 11 is 0. The van der Waals surface area contributed by atoms with Gasteiger partial charge in [-0.1, -0.05) is 0 Å². The van der Waals surface area contributed by atoms with E-state index in [-0.39, 0.29) is 0 Å². The van der Waals surface area contributed by atoms with Crippen LogP contribution in [-0.2, 0) is 10.2 Å². The molecule has 1 heterocycles. The lowest BCUT2D eigenvalue weighted by atomic mass is 10.4. The molecule has 11 heavy (non-hydrogen) atoms. The van der Waals surface area contributed by atoms with Crippen LogP contribution in [0.5, 0.6) is 0 Å². The summed E-state index contributed by atoms with van der Waals surface area (Å²) in [5, 5.41) is 4.74. The molecule has 0 aliphatic carbocycles. The zero-order chi connectivity index (χ0) is 8.48. The molecule has 1 fully saturated rings. The normalized spacial score (nSPS) is 23.1. The minimum Gasteiger partial charge on any atom is -0.362 e. The lowest BCUT2D eigenvalue weighted by molar-refractivity contribution is 0.548. The molecular formula is C5H11N3O2S. The Bertz CT molecular complexity index is 269. The molecule has 0 atom stereocenters. The SMILES string of the molecule is CN1CCC/C1=N/S(N)(=O)=O. The van der Waals surface area contributed by atoms with E-state index in [2.05, 4.69) is 4.40 Å². The molecule has 0 spiro atoms. The molecule has 1 rings (SSSR count). The zero-order valence-corrected chi connectivity index (χ0v) is 7.13. The topological polar surface area (TPSA) is 75.8 Å². The Morgan fingerprint density at radius 2 is 2.27 bits per heavy atom. The third-order valence-electron chi connectivity index (χ3n) is 1.57. The van der Waals surface area contributed by atoms with Gasteiger partial charge >= 0.3 is 10.2 Å². The lowest BCUT2D eigenvalue weighted by Gasteiger charge is -2.09. The summed E-state index contributed by atoms with van der Waals surface area (Å²) in [4.78, 5) is 1.80. The van der Waals surface area contributed by atoms with E-state index >= 15 is 0 Å². The highest BCUT2D eigenvalue weighted by Crippen LogP contribution is 2.09. The van der Waals surface area contributed by atoms with Crippen LogP contribution < -0.4 is 5.14 Å². The standard InChI is InChI=1S/C5H11N3O2S/c1-8-4-2-3-5(8)7-11(6,9)10/h2-4H2,1H3,(H2,6,9,10)/b7-5-. The summed E-state index contributed by atoms with van der Waals surface area (Å²) in [5.74, 6) is 0.563. The van der Waals surface area contributed by atoms with E-state index < -0.39 is 10.2 Å². The van der Waals surface area contributed by atoms with Gasteiger partial charge in [0.15, 0.2) is 0 Å². The highest BCUT2D eigenvalue weighted by Gasteiger charge is 2.15. The minimum absolute atomic E-state index is 0.563. The number of rotatable bonds is 1. The third-order valence-corrected chi connectivity index (χ3v) is 2.03. The van der Waals surface area contributed by atoms with E-state index in [9.17, 15) is 8.42 Å². The first-order chi connectivity index (χ1) is 4.99. The van der Waals surface area contributed by atoms with Gasteiger partial charge in [-0.05, 0) is 6.42 Å². The van der Waals surface area contributed by atoms with Crippen LogP contribution in [0.15, 0.2) is 4.40 Å². The molecule has 0 radical (unpaired) electrons. The van der Waals surface area contributed by atoms with Crippen LogP contribution in [0.1, 0.15) is 12.8 Å². The first-order valence-electron chi connectivity index (χ1n) is 3.32. The number of amidine groups is 1. The fourth-order valence-electron chi connectivity index (χ4n) is 1.06. The maximum absolute atomic E-state index is 10.5. The second-order valence-corrected chi connectivity index (χ2v) is 3.76. The van der Waals surface area contributed by atoms with Crippen LogP contribution in [0.25, 0.3) is 0 Å². The molecule has 0 aromatic carbocycles. The molecule has 0 bridgehead atoms. The van der Waals surface area contributed by atoms with E-state index in [1.54, 1.807) is 11.9 Å². The molecule has 0 amide bonds. The molecule has 64 valence electrons. The van der Waals surface area contributed by atoms with Gasteiger partial charge in [-0.2, -0.15) is 8.42 Å². The maximum atomic E-state index is 10.5. The average molecular weight is 177 g/mol. The van der Waals surface area contributed by atoms with Gasteiger partial charge in [-0.25, -0.2) is 5.14 Å². The Hall–Kier alpha value is -0.620. The number of nitrogens with two attached hydrogens (primary N) is 1. The molecule has 1 aliphatic heterocycles. The smallest absolute Gasteiger partial charge is 0.318 e. The number of likely N-dealkylation sites (tertiary alicyclic amines) is 1. The van der Waals surface area contributed by atoms with Gasteiger partial charge in [0, 0.05) is 20.0 Å². The Kier molecular flexibility index (Phi) is 2.15. The van der Waals surface area contributed by atoms with Gasteiger partial charge in [-0.3, -0.25) is 0 Å². The fourth-order valence-corrected chi connectivity index (χ4v) is 1.58. The lowest BCUT2D eigenvalue weighted by Crippen LogP contribution is -2.22. The molecule has 2 N–H and O–H groups in total. The summed E-state index contributed by atoms with van der Waals surface area (Å²) < 4.78 is 24.4. The van der Waals surface area contributed by atoms with Gasteiger partial charge in [0.2, 0.25) is 0 Å². The van der Waals surface area contributed by atoms with Crippen molar-refractivity contribution in [3.63, 3.8) is 0 Å². The quantitative estimate of drug-likeness (QED) is 0.576. The van der Waals surface area contributed by atoms with E-state index in [1.807, 2.05) is 0 Å². The van der Waals surface area contributed by atoms with Crippen molar-refractivity contribution in [2.75, 3.05) is 13.6 Å². The molecule has 1 saturated heterocycles. The van der Waals surface area contributed by atoms with Crippen LogP contribution in [0.4, 0.5) is 0 Å². The number of hydrogen-bond donors (Lipinski definition) is 1. The highest BCUT2D eigenvalue weighted by molar-refractivity contribution is 7.88. The van der Waals surface area contributed by atoms with Gasteiger partial charge in [0.05, 0.1) is 0 Å². The second-order valence-electron chi connectivity index (χ2n) is 2.55. The summed E-state index contributed by atoms with van der Waals surface area (Å²) in [6.07, 6.45) is 1.65. The van der Waals surface area contributed by atoms with Crippen molar-refractivity contribution in [2.45, 2.75) is 12.8 Å². The first kappa shape index (κ1) is 8.48. The Morgan fingerprint density at radius 3 is 2.64 bits per heavy atom. The van der Waals surface area contributed by atoms with Crippen molar-refractivity contribution in [3.8, 4) is 0 Å². The van der Waals surface area contributed by atoms with Crippen LogP contribution >= 0.6 is 0 Å². The summed E-state index contributed by atoms with van der Waals surface area (Å²) in [7, 11) is -1.89. The van der Waals surface area contributed by atoms with Crippen LogP contribution in [0.3, 0.4) is 0 Å². The Labute approximate surface area is 66.1 Å². The van der Waals surface area contributed by atoms with Crippen molar-refractivity contribution < 1.29 is 8.42 Å². The number of hydrogen-bond acceptors (Lipinski definition) is 2. The molecular weight excluding hydrogens is 166 g/mol. The first-order valence-corrected chi connectivity index (χ1v) is 4.82. The molecule has 5 nitrogen and oxygen atoms in total. The maximum Gasteiger partial charge on any atom is 0.318 e. The second kappa shape index (κ2) is 2.78. The Balaban J connectivity index is 2.82. The van der Waals surface area contributed by atoms with Gasteiger partial charge < -0.3 is 4.90 Å². The summed E-state index contributed by atoms with van der Waals surface area (Å²) in [6, 6.07) is 0. The molecule has 0 unspecified atom stereocenters. The van der Waals surface area contributed by atoms with E-state index in [4.69, 9.17) is 5.14 Å². The van der Waals surface area contributed by atoms with E-state index in [0.29, 0.717) is 12.3 Å². The van der Waals surface area contributed by atoms with Crippen LogP contribution in [0, 0.1) is 0 Å². The van der Waals surface area contributed by atoms with Crippen molar-refractivity contribution in [3.05, 3.63) is 0 Å².